The van der Waals surface area contributed by atoms with Crippen LogP contribution in [0.1, 0.15) is 0 Å². The van der Waals surface area contributed by atoms with E-state index in [0.717, 1.165) is 49.4 Å². The lowest BCUT2D eigenvalue weighted by Gasteiger charge is -1.99. The summed E-state index contributed by atoms with van der Waals surface area (Å²) in [6.45, 7) is 0. The van der Waals surface area contributed by atoms with Gasteiger partial charge in [0.15, 0.2) is 29.6 Å². The lowest BCUT2D eigenvalue weighted by Crippen LogP contribution is -1.84. The lowest BCUT2D eigenvalue weighted by molar-refractivity contribution is 0.393. The summed E-state index contributed by atoms with van der Waals surface area (Å²) >= 11 is 0. The van der Waals surface area contributed by atoms with Gasteiger partial charge in [0.25, 0.3) is 0 Å². The van der Waals surface area contributed by atoms with Crippen LogP contribution in [0.15, 0.2) is 102 Å². The van der Waals surface area contributed by atoms with Crippen LogP contribution in [0.3, 0.4) is 0 Å². The van der Waals surface area contributed by atoms with Gasteiger partial charge in [0.1, 0.15) is 28.3 Å². The van der Waals surface area contributed by atoms with Gasteiger partial charge in [0.2, 0.25) is 0 Å². The van der Waals surface area contributed by atoms with Gasteiger partial charge in [-0.2, -0.15) is 0 Å². The Labute approximate surface area is 252 Å². The average Bonchev–Trinajstić information content (AvgIpc) is 3.91. The van der Waals surface area contributed by atoms with Crippen molar-refractivity contribution in [3.8, 4) is 56.8 Å². The molecule has 11 nitrogen and oxygen atoms in total. The molecule has 2 aliphatic heterocycles. The largest absolute Gasteiger partial charge is 0.345 e. The minimum absolute atomic E-state index is 0.527. The van der Waals surface area contributed by atoms with Crippen molar-refractivity contribution in [3.05, 3.63) is 97.3 Å². The summed E-state index contributed by atoms with van der Waals surface area (Å²) < 4.78 is 5.10. The first-order valence-electron chi connectivity index (χ1n) is 14.3. The van der Waals surface area contributed by atoms with E-state index in [9.17, 15) is 0 Å². The SMILES string of the molecule is c1ccc2c(c1)-c1nc-2nc2[nH]c(nc3nc(nc4[nH]c(n1)c1ccccc41)-c1ccccc1-3)c1c(-c3conn3)cccc21. The highest BCUT2D eigenvalue weighted by molar-refractivity contribution is 6.12. The summed E-state index contributed by atoms with van der Waals surface area (Å²) in [6, 6.07) is 29.9. The van der Waals surface area contributed by atoms with Crippen molar-refractivity contribution in [1.29, 1.82) is 0 Å². The first kappa shape index (κ1) is 23.9. The van der Waals surface area contributed by atoms with Crippen LogP contribution < -0.4 is 0 Å². The third-order valence-electron chi connectivity index (χ3n) is 8.22. The average molecular weight is 583 g/mol. The Balaban J connectivity index is 1.43. The monoisotopic (exact) mass is 582 g/mol. The third kappa shape index (κ3) is 3.51. The molecule has 8 bridgehead atoms. The predicted molar refractivity (Wildman–Crippen MR) is 169 cm³/mol. The van der Waals surface area contributed by atoms with Gasteiger partial charge in [-0.3, -0.25) is 0 Å². The molecule has 0 atom stereocenters. The minimum atomic E-state index is 0.527. The molecule has 0 unspecified atom stereocenters. The minimum Gasteiger partial charge on any atom is -0.345 e. The fraction of sp³-hybridized carbons (Fsp3) is 0. The molecule has 8 aromatic rings. The summed E-state index contributed by atoms with van der Waals surface area (Å²) in [6.07, 6.45) is 1.51. The number of hydrogen-bond donors (Lipinski definition) is 2. The predicted octanol–water partition coefficient (Wildman–Crippen LogP) is 6.92. The molecule has 2 aliphatic rings. The number of aromatic amines is 2. The van der Waals surface area contributed by atoms with E-state index in [1.807, 2.05) is 91.0 Å². The van der Waals surface area contributed by atoms with Gasteiger partial charge in [0.05, 0.1) is 0 Å². The van der Waals surface area contributed by atoms with Crippen molar-refractivity contribution in [2.45, 2.75) is 0 Å². The summed E-state index contributed by atoms with van der Waals surface area (Å²) in [7, 11) is 0. The van der Waals surface area contributed by atoms with Crippen LogP contribution in [-0.4, -0.2) is 50.2 Å². The normalized spacial score (nSPS) is 12.0. The van der Waals surface area contributed by atoms with E-state index >= 15 is 0 Å². The van der Waals surface area contributed by atoms with Crippen molar-refractivity contribution < 1.29 is 4.52 Å². The Morgan fingerprint density at radius 1 is 0.422 bits per heavy atom. The highest BCUT2D eigenvalue weighted by Crippen LogP contribution is 2.38. The van der Waals surface area contributed by atoms with Crippen LogP contribution >= 0.6 is 0 Å². The number of H-pyrrole nitrogens is 2. The van der Waals surface area contributed by atoms with E-state index in [2.05, 4.69) is 20.3 Å². The molecule has 2 N–H and O–H groups in total. The maximum absolute atomic E-state index is 5.11. The Hall–Kier alpha value is -6.62. The van der Waals surface area contributed by atoms with Crippen LogP contribution in [-0.2, 0) is 0 Å². The quantitative estimate of drug-likeness (QED) is 0.210. The zero-order valence-electron chi connectivity index (χ0n) is 23.2. The Morgan fingerprint density at radius 2 is 0.867 bits per heavy atom. The van der Waals surface area contributed by atoms with Gasteiger partial charge in [0, 0.05) is 54.6 Å². The maximum Gasteiger partial charge on any atom is 0.164 e. The van der Waals surface area contributed by atoms with Crippen LogP contribution in [0.25, 0.3) is 101 Å². The van der Waals surface area contributed by atoms with E-state index in [-0.39, 0.29) is 0 Å². The Morgan fingerprint density at radius 3 is 1.40 bits per heavy atom. The second-order valence-electron chi connectivity index (χ2n) is 10.8. The molecule has 45 heavy (non-hydrogen) atoms. The van der Waals surface area contributed by atoms with Crippen LogP contribution in [0.5, 0.6) is 0 Å². The number of rotatable bonds is 1. The van der Waals surface area contributed by atoms with Gasteiger partial charge < -0.3 is 14.5 Å². The molecule has 0 amide bonds. The second kappa shape index (κ2) is 8.94. The topological polar surface area (TPSA) is 148 Å². The molecule has 4 aromatic carbocycles. The van der Waals surface area contributed by atoms with Crippen molar-refractivity contribution in [1.82, 2.24) is 50.2 Å². The van der Waals surface area contributed by atoms with Crippen LogP contribution in [0, 0.1) is 0 Å². The standard InChI is InChI=1S/C34H18N10O/c1-2-9-18-17(8-1)27-35-28(18)37-30-21-12-5-6-13-22(21)32(39-30)41-34-26-23(25-16-45-44-43-25)14-7-15-24(26)33(42-34)40-31-20-11-4-3-10-19(20)29(36-27)38-31/h1-16H,(H2,35,36,37,38,39,40,41,42). The van der Waals surface area contributed by atoms with E-state index in [0.29, 0.717) is 51.6 Å². The van der Waals surface area contributed by atoms with Gasteiger partial charge >= 0.3 is 0 Å². The lowest BCUT2D eigenvalue weighted by atomic mass is 10.1. The first-order chi connectivity index (χ1) is 22.3. The van der Waals surface area contributed by atoms with Crippen molar-refractivity contribution in [2.75, 3.05) is 0 Å². The zero-order valence-corrected chi connectivity index (χ0v) is 23.2. The van der Waals surface area contributed by atoms with Crippen molar-refractivity contribution >= 4 is 44.1 Å². The second-order valence-corrected chi connectivity index (χ2v) is 10.8. The fourth-order valence-electron chi connectivity index (χ4n) is 6.19. The van der Waals surface area contributed by atoms with Gasteiger partial charge in [-0.1, -0.05) is 91.0 Å². The number of nitrogens with one attached hydrogen (secondary N) is 2. The molecule has 10 rings (SSSR count). The highest BCUT2D eigenvalue weighted by atomic mass is 16.5. The number of nitrogens with zero attached hydrogens (tertiary/aromatic N) is 8. The number of hydrogen-bond acceptors (Lipinski definition) is 9. The van der Waals surface area contributed by atoms with Crippen LogP contribution in [0.2, 0.25) is 0 Å². The smallest absolute Gasteiger partial charge is 0.164 e. The van der Waals surface area contributed by atoms with Gasteiger partial charge in [-0.15, -0.1) is 5.10 Å². The first-order valence-corrected chi connectivity index (χ1v) is 14.3. The number of benzene rings is 4. The molecule has 0 saturated heterocycles. The number of fused-ring (bicyclic) bond motifs is 20. The molecule has 4 aromatic heterocycles. The van der Waals surface area contributed by atoms with E-state index in [1.165, 1.54) is 6.26 Å². The van der Waals surface area contributed by atoms with Crippen LogP contribution in [0.4, 0.5) is 0 Å². The molecule has 0 radical (unpaired) electrons. The van der Waals surface area contributed by atoms with Gasteiger partial charge in [-0.05, 0) is 0 Å². The summed E-state index contributed by atoms with van der Waals surface area (Å²) in [5.41, 5.74) is 7.37. The molecule has 0 spiro atoms. The molecule has 0 saturated carbocycles. The molecule has 0 fully saturated rings. The molecule has 11 heteroatoms. The van der Waals surface area contributed by atoms with Crippen molar-refractivity contribution in [2.24, 2.45) is 0 Å². The fourth-order valence-corrected chi connectivity index (χ4v) is 6.19. The van der Waals surface area contributed by atoms with Crippen molar-refractivity contribution in [3.63, 3.8) is 0 Å². The molecule has 6 heterocycles. The number of aromatic nitrogens is 10. The zero-order chi connectivity index (χ0) is 29.5. The molecule has 210 valence electrons. The van der Waals surface area contributed by atoms with E-state index in [1.54, 1.807) is 0 Å². The Bertz CT molecular complexity index is 2670. The Kier molecular flexibility index (Phi) is 4.75. The van der Waals surface area contributed by atoms with E-state index in [4.69, 9.17) is 34.4 Å². The molecular weight excluding hydrogens is 564 g/mol. The van der Waals surface area contributed by atoms with Gasteiger partial charge in [-0.25, -0.2) is 29.9 Å². The summed E-state index contributed by atoms with van der Waals surface area (Å²) in [5.74, 6) is 2.18. The molecular formula is C34H18N10O. The maximum atomic E-state index is 5.11. The summed E-state index contributed by atoms with van der Waals surface area (Å²) in [5, 5.41) is 11.4. The summed E-state index contributed by atoms with van der Waals surface area (Å²) in [4.78, 5) is 37.1. The van der Waals surface area contributed by atoms with E-state index < -0.39 is 0 Å². The highest BCUT2D eigenvalue weighted by Gasteiger charge is 2.22. The molecule has 0 aliphatic carbocycles. The third-order valence-corrected chi connectivity index (χ3v) is 8.22.